The van der Waals surface area contributed by atoms with Crippen LogP contribution in [0.15, 0.2) is 36.0 Å². The largest absolute Gasteiger partial charge is 0.360 e. The highest BCUT2D eigenvalue weighted by Crippen LogP contribution is 2.33. The first kappa shape index (κ1) is 18.6. The Bertz CT molecular complexity index is 945. The molecule has 3 aromatic rings. The number of nitrogens with one attached hydrogen (secondary N) is 1. The normalized spacial score (nSPS) is 14.1. The molecule has 0 amide bonds. The molecule has 9 nitrogen and oxygen atoms in total. The third-order valence-corrected chi connectivity index (χ3v) is 5.81. The summed E-state index contributed by atoms with van der Waals surface area (Å²) in [5.41, 5.74) is 2.73. The average molecular weight is 416 g/mol. The number of rotatable bonds is 6. The summed E-state index contributed by atoms with van der Waals surface area (Å²) < 4.78 is 3.87. The van der Waals surface area contributed by atoms with Crippen LogP contribution in [0, 0.1) is 10.1 Å². The van der Waals surface area contributed by atoms with E-state index in [1.807, 2.05) is 46.3 Å². The Morgan fingerprint density at radius 2 is 1.96 bits per heavy atom. The SMILES string of the molecule is O=[N+]([O-])c1c(NCc2ccc(-c3csnn3)cc2)ncnc1N1CCSCC1. The van der Waals surface area contributed by atoms with Gasteiger partial charge in [-0.25, -0.2) is 9.97 Å². The first-order valence-corrected chi connectivity index (χ1v) is 10.6. The Morgan fingerprint density at radius 3 is 2.64 bits per heavy atom. The first-order chi connectivity index (χ1) is 13.7. The lowest BCUT2D eigenvalue weighted by atomic mass is 10.1. The van der Waals surface area contributed by atoms with Crippen molar-refractivity contribution in [1.29, 1.82) is 0 Å². The fraction of sp³-hybridized carbons (Fsp3) is 0.294. The molecule has 1 fully saturated rings. The van der Waals surface area contributed by atoms with Crippen LogP contribution in [-0.4, -0.2) is 49.1 Å². The topological polar surface area (TPSA) is 110 Å². The maximum Gasteiger partial charge on any atom is 0.353 e. The molecule has 0 unspecified atom stereocenters. The number of hydrogen-bond acceptors (Lipinski definition) is 10. The zero-order chi connectivity index (χ0) is 19.3. The molecule has 1 aliphatic heterocycles. The van der Waals surface area contributed by atoms with Gasteiger partial charge in [-0.05, 0) is 17.1 Å². The van der Waals surface area contributed by atoms with Crippen LogP contribution in [0.2, 0.25) is 0 Å². The van der Waals surface area contributed by atoms with Gasteiger partial charge in [0.1, 0.15) is 12.0 Å². The van der Waals surface area contributed by atoms with Crippen molar-refractivity contribution in [1.82, 2.24) is 19.6 Å². The van der Waals surface area contributed by atoms with Gasteiger partial charge in [0, 0.05) is 42.1 Å². The summed E-state index contributed by atoms with van der Waals surface area (Å²) in [5.74, 6) is 2.49. The standard InChI is InChI=1S/C17H17N7O2S2/c25-24(26)15-16(19-11-20-17(15)23-5-7-27-8-6-23)18-9-12-1-3-13(4-2-12)14-10-28-22-21-14/h1-4,10-11H,5-9H2,(H,18,19,20). The molecule has 0 aliphatic carbocycles. The minimum absolute atomic E-state index is 0.0698. The van der Waals surface area contributed by atoms with Crippen molar-refractivity contribution in [3.8, 4) is 11.3 Å². The van der Waals surface area contributed by atoms with Crippen molar-refractivity contribution in [3.63, 3.8) is 0 Å². The van der Waals surface area contributed by atoms with Crippen LogP contribution >= 0.6 is 23.3 Å². The number of nitrogens with zero attached hydrogens (tertiary/aromatic N) is 6. The van der Waals surface area contributed by atoms with Crippen LogP contribution in [0.25, 0.3) is 11.3 Å². The highest BCUT2D eigenvalue weighted by atomic mass is 32.2. The predicted octanol–water partition coefficient (Wildman–Crippen LogP) is 3.07. The van der Waals surface area contributed by atoms with E-state index in [-0.39, 0.29) is 11.5 Å². The zero-order valence-electron chi connectivity index (χ0n) is 14.8. The number of thioether (sulfide) groups is 1. The van der Waals surface area contributed by atoms with Gasteiger partial charge in [0.15, 0.2) is 0 Å². The highest BCUT2D eigenvalue weighted by molar-refractivity contribution is 7.99. The van der Waals surface area contributed by atoms with E-state index in [4.69, 9.17) is 0 Å². The second kappa shape index (κ2) is 8.48. The molecule has 0 spiro atoms. The summed E-state index contributed by atoms with van der Waals surface area (Å²) in [6.45, 7) is 1.91. The minimum Gasteiger partial charge on any atom is -0.360 e. The van der Waals surface area contributed by atoms with Crippen molar-refractivity contribution in [2.75, 3.05) is 34.8 Å². The van der Waals surface area contributed by atoms with Gasteiger partial charge in [-0.1, -0.05) is 28.8 Å². The lowest BCUT2D eigenvalue weighted by Crippen LogP contribution is -2.33. The molecule has 144 valence electrons. The van der Waals surface area contributed by atoms with Crippen molar-refractivity contribution in [2.45, 2.75) is 6.54 Å². The molecule has 2 aromatic heterocycles. The molecule has 11 heteroatoms. The summed E-state index contributed by atoms with van der Waals surface area (Å²) in [7, 11) is 0. The number of aromatic nitrogens is 4. The maximum atomic E-state index is 11.7. The van der Waals surface area contributed by atoms with E-state index in [1.54, 1.807) is 0 Å². The lowest BCUT2D eigenvalue weighted by molar-refractivity contribution is -0.383. The Balaban J connectivity index is 1.52. The minimum atomic E-state index is -0.405. The number of nitro groups is 1. The van der Waals surface area contributed by atoms with E-state index in [1.165, 1.54) is 17.9 Å². The third-order valence-electron chi connectivity index (χ3n) is 4.37. The molecule has 1 saturated heterocycles. The molecule has 1 aliphatic rings. The molecule has 4 rings (SSSR count). The monoisotopic (exact) mass is 415 g/mol. The average Bonchev–Trinajstić information content (AvgIpc) is 3.28. The van der Waals surface area contributed by atoms with E-state index in [9.17, 15) is 10.1 Å². The van der Waals surface area contributed by atoms with Gasteiger partial charge in [-0.2, -0.15) is 11.8 Å². The Morgan fingerprint density at radius 1 is 1.18 bits per heavy atom. The molecule has 0 saturated carbocycles. The van der Waals surface area contributed by atoms with Crippen LogP contribution in [0.1, 0.15) is 5.56 Å². The molecular weight excluding hydrogens is 398 g/mol. The van der Waals surface area contributed by atoms with Crippen LogP contribution < -0.4 is 10.2 Å². The van der Waals surface area contributed by atoms with Gasteiger partial charge in [0.2, 0.25) is 11.6 Å². The van der Waals surface area contributed by atoms with Gasteiger partial charge in [-0.15, -0.1) is 5.10 Å². The van der Waals surface area contributed by atoms with Crippen molar-refractivity contribution >= 4 is 40.6 Å². The second-order valence-electron chi connectivity index (χ2n) is 6.09. The quantitative estimate of drug-likeness (QED) is 0.479. The van der Waals surface area contributed by atoms with E-state index >= 15 is 0 Å². The Hall–Kier alpha value is -2.79. The van der Waals surface area contributed by atoms with Crippen molar-refractivity contribution in [3.05, 3.63) is 51.7 Å². The van der Waals surface area contributed by atoms with E-state index in [0.29, 0.717) is 12.4 Å². The van der Waals surface area contributed by atoms with Gasteiger partial charge >= 0.3 is 5.69 Å². The number of benzene rings is 1. The van der Waals surface area contributed by atoms with Crippen LogP contribution in [0.4, 0.5) is 17.3 Å². The summed E-state index contributed by atoms with van der Waals surface area (Å²) >= 11 is 3.15. The Labute approximate surface area is 169 Å². The molecular formula is C17H17N7O2S2. The Kier molecular flexibility index (Phi) is 5.63. The molecule has 0 bridgehead atoms. The summed E-state index contributed by atoms with van der Waals surface area (Å²) in [6.07, 6.45) is 1.38. The van der Waals surface area contributed by atoms with Gasteiger partial charge in [0.25, 0.3) is 0 Å². The van der Waals surface area contributed by atoms with Crippen molar-refractivity contribution in [2.24, 2.45) is 0 Å². The summed E-state index contributed by atoms with van der Waals surface area (Å²) in [6, 6.07) is 7.83. The predicted molar refractivity (Wildman–Crippen MR) is 111 cm³/mol. The van der Waals surface area contributed by atoms with Crippen LogP contribution in [0.3, 0.4) is 0 Å². The van der Waals surface area contributed by atoms with Crippen molar-refractivity contribution < 1.29 is 4.92 Å². The molecule has 28 heavy (non-hydrogen) atoms. The molecule has 1 aromatic carbocycles. The fourth-order valence-electron chi connectivity index (χ4n) is 2.94. The van der Waals surface area contributed by atoms with E-state index in [0.717, 1.165) is 41.4 Å². The molecule has 3 heterocycles. The fourth-order valence-corrected chi connectivity index (χ4v) is 4.31. The molecule has 1 N–H and O–H groups in total. The van der Waals surface area contributed by atoms with Gasteiger partial charge < -0.3 is 10.2 Å². The second-order valence-corrected chi connectivity index (χ2v) is 7.93. The maximum absolute atomic E-state index is 11.7. The molecule has 0 atom stereocenters. The number of hydrogen-bond donors (Lipinski definition) is 1. The third kappa shape index (κ3) is 4.04. The highest BCUT2D eigenvalue weighted by Gasteiger charge is 2.27. The van der Waals surface area contributed by atoms with Gasteiger partial charge in [-0.3, -0.25) is 10.1 Å². The lowest BCUT2D eigenvalue weighted by Gasteiger charge is -2.27. The summed E-state index contributed by atoms with van der Waals surface area (Å²) in [4.78, 5) is 21.6. The van der Waals surface area contributed by atoms with Crippen LogP contribution in [-0.2, 0) is 6.54 Å². The van der Waals surface area contributed by atoms with E-state index < -0.39 is 4.92 Å². The first-order valence-electron chi connectivity index (χ1n) is 8.64. The number of anilines is 2. The van der Waals surface area contributed by atoms with Crippen LogP contribution in [0.5, 0.6) is 0 Å². The zero-order valence-corrected chi connectivity index (χ0v) is 16.4. The molecule has 0 radical (unpaired) electrons. The van der Waals surface area contributed by atoms with E-state index in [2.05, 4.69) is 24.9 Å². The van der Waals surface area contributed by atoms with Gasteiger partial charge in [0.05, 0.1) is 4.92 Å². The summed E-state index contributed by atoms with van der Waals surface area (Å²) in [5, 5.41) is 20.7. The smallest absolute Gasteiger partial charge is 0.353 e.